The van der Waals surface area contributed by atoms with E-state index in [1.165, 1.54) is 23.3 Å². The molecule has 1 aliphatic rings. The molecule has 0 aromatic heterocycles. The van der Waals surface area contributed by atoms with Crippen LogP contribution >= 0.6 is 11.8 Å². The molecule has 1 unspecified atom stereocenters. The van der Waals surface area contributed by atoms with E-state index in [0.717, 1.165) is 25.1 Å². The zero-order valence-electron chi connectivity index (χ0n) is 12.0. The quantitative estimate of drug-likeness (QED) is 0.778. The molecular formula is C16H25NOS. The van der Waals surface area contributed by atoms with Gasteiger partial charge >= 0.3 is 0 Å². The van der Waals surface area contributed by atoms with E-state index >= 15 is 0 Å². The van der Waals surface area contributed by atoms with Crippen LogP contribution in [0.1, 0.15) is 51.1 Å². The van der Waals surface area contributed by atoms with Gasteiger partial charge in [0.05, 0.1) is 5.60 Å². The molecule has 0 bridgehead atoms. The zero-order valence-corrected chi connectivity index (χ0v) is 12.8. The molecule has 1 saturated carbocycles. The van der Waals surface area contributed by atoms with E-state index in [1.54, 1.807) is 11.8 Å². The van der Waals surface area contributed by atoms with Crippen LogP contribution in [0.15, 0.2) is 29.2 Å². The van der Waals surface area contributed by atoms with Crippen molar-refractivity contribution in [2.75, 3.05) is 12.3 Å². The molecule has 0 amide bonds. The van der Waals surface area contributed by atoms with Gasteiger partial charge in [0.15, 0.2) is 0 Å². The number of thioether (sulfide) groups is 1. The van der Waals surface area contributed by atoms with E-state index in [9.17, 15) is 5.11 Å². The predicted octanol–water partition coefficient (Wildman–Crippen LogP) is 3.75. The summed E-state index contributed by atoms with van der Waals surface area (Å²) in [4.78, 5) is 1.27. The van der Waals surface area contributed by atoms with Crippen LogP contribution < -0.4 is 5.32 Å². The Hall–Kier alpha value is -0.510. The van der Waals surface area contributed by atoms with Gasteiger partial charge in [-0.2, -0.15) is 0 Å². The van der Waals surface area contributed by atoms with E-state index in [0.29, 0.717) is 6.04 Å². The Morgan fingerprint density at radius 1 is 1.37 bits per heavy atom. The molecule has 0 saturated heterocycles. The van der Waals surface area contributed by atoms with Gasteiger partial charge in [-0.3, -0.25) is 0 Å². The molecule has 0 radical (unpaired) electrons. The van der Waals surface area contributed by atoms with Crippen LogP contribution in [0.3, 0.4) is 0 Å². The molecule has 2 rings (SSSR count). The molecular weight excluding hydrogens is 254 g/mol. The number of aliphatic hydroxyl groups is 1. The smallest absolute Gasteiger partial charge is 0.0741 e. The highest BCUT2D eigenvalue weighted by Crippen LogP contribution is 2.35. The molecule has 0 aliphatic heterocycles. The maximum absolute atomic E-state index is 10.4. The molecule has 19 heavy (non-hydrogen) atoms. The van der Waals surface area contributed by atoms with E-state index < -0.39 is 5.60 Å². The van der Waals surface area contributed by atoms with Gasteiger partial charge < -0.3 is 10.4 Å². The third-order valence-corrected chi connectivity index (χ3v) is 5.18. The van der Waals surface area contributed by atoms with Gasteiger partial charge in [-0.25, -0.2) is 0 Å². The third kappa shape index (κ3) is 4.23. The molecule has 2 N–H and O–H groups in total. The van der Waals surface area contributed by atoms with Gasteiger partial charge in [-0.15, -0.1) is 11.8 Å². The first-order valence-corrected chi connectivity index (χ1v) is 8.30. The van der Waals surface area contributed by atoms with Gasteiger partial charge in [0.2, 0.25) is 0 Å². The molecule has 1 aliphatic carbocycles. The van der Waals surface area contributed by atoms with Gasteiger partial charge in [0.1, 0.15) is 0 Å². The second-order valence-electron chi connectivity index (χ2n) is 5.57. The van der Waals surface area contributed by atoms with Crippen LogP contribution in [0.25, 0.3) is 0 Å². The summed E-state index contributed by atoms with van der Waals surface area (Å²) >= 11 is 1.79. The van der Waals surface area contributed by atoms with E-state index in [2.05, 4.69) is 43.4 Å². The Labute approximate surface area is 121 Å². The molecule has 0 heterocycles. The van der Waals surface area contributed by atoms with Gasteiger partial charge in [-0.05, 0) is 44.0 Å². The van der Waals surface area contributed by atoms with Crippen LogP contribution in [0, 0.1) is 0 Å². The minimum atomic E-state index is -0.423. The molecule has 0 spiro atoms. The number of benzene rings is 1. The Morgan fingerprint density at radius 3 is 2.79 bits per heavy atom. The molecule has 1 aromatic carbocycles. The van der Waals surface area contributed by atoms with Gasteiger partial charge in [0.25, 0.3) is 0 Å². The average Bonchev–Trinajstić information content (AvgIpc) is 2.85. The zero-order chi connectivity index (χ0) is 13.7. The van der Waals surface area contributed by atoms with E-state index in [4.69, 9.17) is 0 Å². The van der Waals surface area contributed by atoms with Crippen molar-refractivity contribution >= 4 is 11.8 Å². The molecule has 106 valence electrons. The Kier molecular flexibility index (Phi) is 5.31. The van der Waals surface area contributed by atoms with Crippen LogP contribution in [0.2, 0.25) is 0 Å². The fraction of sp³-hybridized carbons (Fsp3) is 0.625. The molecule has 3 heteroatoms. The highest BCUT2D eigenvalue weighted by atomic mass is 32.2. The van der Waals surface area contributed by atoms with Gasteiger partial charge in [0, 0.05) is 16.7 Å². The first-order valence-electron chi connectivity index (χ1n) is 7.31. The highest BCUT2D eigenvalue weighted by Gasteiger charge is 2.30. The number of rotatable bonds is 6. The number of hydrogen-bond acceptors (Lipinski definition) is 3. The van der Waals surface area contributed by atoms with Crippen LogP contribution in [-0.4, -0.2) is 23.0 Å². The number of nitrogens with one attached hydrogen (secondary N) is 1. The average molecular weight is 279 g/mol. The first-order chi connectivity index (χ1) is 9.13. The van der Waals surface area contributed by atoms with Crippen molar-refractivity contribution in [2.24, 2.45) is 0 Å². The monoisotopic (exact) mass is 279 g/mol. The fourth-order valence-electron chi connectivity index (χ4n) is 2.69. The van der Waals surface area contributed by atoms with Crippen LogP contribution in [0.5, 0.6) is 0 Å². The summed E-state index contributed by atoms with van der Waals surface area (Å²) in [6.07, 6.45) is 4.28. The lowest BCUT2D eigenvalue weighted by molar-refractivity contribution is 0.0732. The number of hydrogen-bond donors (Lipinski definition) is 2. The van der Waals surface area contributed by atoms with Crippen LogP contribution in [-0.2, 0) is 0 Å². The summed E-state index contributed by atoms with van der Waals surface area (Å²) in [5.74, 6) is 0.825. The van der Waals surface area contributed by atoms with Crippen molar-refractivity contribution in [2.45, 2.75) is 56.1 Å². The van der Waals surface area contributed by atoms with Crippen molar-refractivity contribution in [3.05, 3.63) is 29.8 Å². The minimum absolute atomic E-state index is 0.389. The third-order valence-electron chi connectivity index (χ3n) is 3.91. The second kappa shape index (κ2) is 6.78. The second-order valence-corrected chi connectivity index (χ2v) is 6.62. The summed E-state index contributed by atoms with van der Waals surface area (Å²) in [7, 11) is 0. The lowest BCUT2D eigenvalue weighted by atomic mass is 10.1. The molecule has 1 fully saturated rings. The standard InChI is InChI=1S/C16H25NOS/c1-3-17-13(2)14-7-6-8-15(11-14)19-12-16(18)9-4-5-10-16/h6-8,11,13,17-18H,3-5,9-10,12H2,1-2H3. The summed E-state index contributed by atoms with van der Waals surface area (Å²) < 4.78 is 0. The summed E-state index contributed by atoms with van der Waals surface area (Å²) in [5.41, 5.74) is 0.902. The largest absolute Gasteiger partial charge is 0.389 e. The topological polar surface area (TPSA) is 32.3 Å². The van der Waals surface area contributed by atoms with Crippen LogP contribution in [0.4, 0.5) is 0 Å². The van der Waals surface area contributed by atoms with E-state index in [1.807, 2.05) is 0 Å². The van der Waals surface area contributed by atoms with Gasteiger partial charge in [-0.1, -0.05) is 31.9 Å². The van der Waals surface area contributed by atoms with E-state index in [-0.39, 0.29) is 0 Å². The summed E-state index contributed by atoms with van der Waals surface area (Å²) in [6, 6.07) is 9.06. The minimum Gasteiger partial charge on any atom is -0.389 e. The lowest BCUT2D eigenvalue weighted by Gasteiger charge is -2.21. The molecule has 1 atom stereocenters. The fourth-order valence-corrected chi connectivity index (χ4v) is 3.81. The Balaban J connectivity index is 1.95. The van der Waals surface area contributed by atoms with Crippen molar-refractivity contribution < 1.29 is 5.11 Å². The Morgan fingerprint density at radius 2 is 2.11 bits per heavy atom. The maximum atomic E-state index is 10.4. The lowest BCUT2D eigenvalue weighted by Crippen LogP contribution is -2.27. The SMILES string of the molecule is CCNC(C)c1cccc(SCC2(O)CCCC2)c1. The highest BCUT2D eigenvalue weighted by molar-refractivity contribution is 7.99. The maximum Gasteiger partial charge on any atom is 0.0741 e. The van der Waals surface area contributed by atoms with Crippen molar-refractivity contribution in [1.82, 2.24) is 5.32 Å². The normalized spacial score (nSPS) is 19.5. The summed E-state index contributed by atoms with van der Waals surface area (Å²) in [5, 5.41) is 13.8. The predicted molar refractivity (Wildman–Crippen MR) is 82.7 cm³/mol. The summed E-state index contributed by atoms with van der Waals surface area (Å²) in [6.45, 7) is 5.31. The van der Waals surface area contributed by atoms with Crippen molar-refractivity contribution in [3.63, 3.8) is 0 Å². The van der Waals surface area contributed by atoms with Crippen molar-refractivity contribution in [3.8, 4) is 0 Å². The molecule has 1 aromatic rings. The molecule has 2 nitrogen and oxygen atoms in total. The van der Waals surface area contributed by atoms with Crippen molar-refractivity contribution in [1.29, 1.82) is 0 Å². The Bertz CT molecular complexity index is 401. The first kappa shape index (κ1) is 14.9.